The zero-order valence-corrected chi connectivity index (χ0v) is 9.14. The van der Waals surface area contributed by atoms with Crippen molar-refractivity contribution >= 4 is 0 Å². The summed E-state index contributed by atoms with van der Waals surface area (Å²) in [5, 5.41) is 3.26. The lowest BCUT2D eigenvalue weighted by molar-refractivity contribution is 0.276. The monoisotopic (exact) mass is 182 g/mol. The first kappa shape index (κ1) is 10.7. The van der Waals surface area contributed by atoms with Crippen LogP contribution in [-0.2, 0) is 0 Å². The van der Waals surface area contributed by atoms with Gasteiger partial charge in [-0.1, -0.05) is 11.6 Å². The van der Waals surface area contributed by atoms with Crippen molar-refractivity contribution in [2.75, 3.05) is 26.7 Å². The van der Waals surface area contributed by atoms with Crippen LogP contribution in [0.2, 0.25) is 0 Å². The zero-order chi connectivity index (χ0) is 9.68. The molecule has 2 nitrogen and oxygen atoms in total. The molecule has 2 heteroatoms. The van der Waals surface area contributed by atoms with E-state index in [1.54, 1.807) is 0 Å². The van der Waals surface area contributed by atoms with Gasteiger partial charge in [0.15, 0.2) is 0 Å². The number of likely N-dealkylation sites (N-methyl/N-ethyl adjacent to an activating group) is 1. The molecular weight excluding hydrogens is 160 g/mol. The third-order valence-electron chi connectivity index (χ3n) is 2.67. The van der Waals surface area contributed by atoms with Crippen molar-refractivity contribution in [3.05, 3.63) is 11.6 Å². The normalized spacial score (nSPS) is 23.5. The van der Waals surface area contributed by atoms with E-state index < -0.39 is 0 Å². The van der Waals surface area contributed by atoms with Crippen molar-refractivity contribution < 1.29 is 0 Å². The van der Waals surface area contributed by atoms with E-state index in [9.17, 15) is 0 Å². The largest absolute Gasteiger partial charge is 0.318 e. The van der Waals surface area contributed by atoms with Crippen LogP contribution in [0.15, 0.2) is 11.6 Å². The van der Waals surface area contributed by atoms with Gasteiger partial charge in [0.2, 0.25) is 0 Å². The number of likely N-dealkylation sites (tertiary alicyclic amines) is 1. The molecule has 0 bridgehead atoms. The van der Waals surface area contributed by atoms with Crippen molar-refractivity contribution in [1.82, 2.24) is 10.2 Å². The molecule has 0 radical (unpaired) electrons. The van der Waals surface area contributed by atoms with Crippen LogP contribution < -0.4 is 5.32 Å². The number of hydrogen-bond donors (Lipinski definition) is 1. The maximum absolute atomic E-state index is 3.26. The number of rotatable bonds is 4. The Labute approximate surface area is 82.0 Å². The van der Waals surface area contributed by atoms with Crippen LogP contribution in [0.3, 0.4) is 0 Å². The number of hydrogen-bond acceptors (Lipinski definition) is 2. The summed E-state index contributed by atoms with van der Waals surface area (Å²) in [6.07, 6.45) is 5.05. The van der Waals surface area contributed by atoms with Crippen molar-refractivity contribution in [2.24, 2.45) is 0 Å². The van der Waals surface area contributed by atoms with E-state index in [-0.39, 0.29) is 0 Å². The van der Waals surface area contributed by atoms with Crippen molar-refractivity contribution in [2.45, 2.75) is 32.7 Å². The van der Waals surface area contributed by atoms with E-state index in [4.69, 9.17) is 0 Å². The molecule has 1 rings (SSSR count). The minimum atomic E-state index is 0.764. The summed E-state index contributed by atoms with van der Waals surface area (Å²) in [6.45, 7) is 7.88. The van der Waals surface area contributed by atoms with E-state index in [2.05, 4.69) is 30.1 Å². The van der Waals surface area contributed by atoms with Crippen LogP contribution in [0.5, 0.6) is 0 Å². The SMILES string of the molecule is CNCC1CCCN1CC=C(C)C. The topological polar surface area (TPSA) is 15.3 Å². The van der Waals surface area contributed by atoms with Crippen molar-refractivity contribution in [1.29, 1.82) is 0 Å². The Kier molecular flexibility index (Phi) is 4.46. The van der Waals surface area contributed by atoms with Gasteiger partial charge < -0.3 is 5.32 Å². The minimum Gasteiger partial charge on any atom is -0.318 e. The summed E-state index contributed by atoms with van der Waals surface area (Å²) in [5.41, 5.74) is 1.43. The molecule has 1 aliphatic heterocycles. The second kappa shape index (κ2) is 5.40. The van der Waals surface area contributed by atoms with Gasteiger partial charge in [-0.15, -0.1) is 0 Å². The highest BCUT2D eigenvalue weighted by atomic mass is 15.2. The van der Waals surface area contributed by atoms with Gasteiger partial charge in [0, 0.05) is 19.1 Å². The third kappa shape index (κ3) is 3.49. The molecule has 0 aromatic rings. The van der Waals surface area contributed by atoms with Crippen molar-refractivity contribution in [3.8, 4) is 0 Å². The van der Waals surface area contributed by atoms with Gasteiger partial charge in [-0.05, 0) is 40.3 Å². The summed E-state index contributed by atoms with van der Waals surface area (Å²) >= 11 is 0. The Hall–Kier alpha value is -0.340. The first-order chi connectivity index (χ1) is 6.24. The highest BCUT2D eigenvalue weighted by Crippen LogP contribution is 2.16. The molecule has 0 saturated carbocycles. The molecule has 1 aliphatic rings. The molecule has 1 atom stereocenters. The molecule has 1 saturated heterocycles. The fourth-order valence-corrected chi connectivity index (χ4v) is 1.90. The van der Waals surface area contributed by atoms with E-state index in [1.807, 2.05) is 7.05 Å². The first-order valence-electron chi connectivity index (χ1n) is 5.26. The molecule has 0 amide bonds. The highest BCUT2D eigenvalue weighted by Gasteiger charge is 2.22. The van der Waals surface area contributed by atoms with Crippen LogP contribution in [-0.4, -0.2) is 37.6 Å². The Balaban J connectivity index is 2.35. The number of allylic oxidation sites excluding steroid dienone is 1. The third-order valence-corrected chi connectivity index (χ3v) is 2.67. The zero-order valence-electron chi connectivity index (χ0n) is 9.14. The fraction of sp³-hybridized carbons (Fsp3) is 0.818. The predicted octanol–water partition coefficient (Wildman–Crippen LogP) is 1.64. The van der Waals surface area contributed by atoms with Crippen LogP contribution in [0, 0.1) is 0 Å². The standard InChI is InChI=1S/C11H22N2/c1-10(2)6-8-13-7-4-5-11(13)9-12-3/h6,11-12H,4-5,7-9H2,1-3H3. The quantitative estimate of drug-likeness (QED) is 0.665. The van der Waals surface area contributed by atoms with Gasteiger partial charge >= 0.3 is 0 Å². The average molecular weight is 182 g/mol. The lowest BCUT2D eigenvalue weighted by Crippen LogP contribution is -2.36. The summed E-state index contributed by atoms with van der Waals surface area (Å²) in [5.74, 6) is 0. The lowest BCUT2D eigenvalue weighted by atomic mass is 10.2. The second-order valence-electron chi connectivity index (χ2n) is 4.13. The molecule has 0 spiro atoms. The van der Waals surface area contributed by atoms with Gasteiger partial charge in [-0.2, -0.15) is 0 Å². The van der Waals surface area contributed by atoms with Gasteiger partial charge in [0.05, 0.1) is 0 Å². The lowest BCUT2D eigenvalue weighted by Gasteiger charge is -2.22. The molecule has 1 N–H and O–H groups in total. The Morgan fingerprint density at radius 3 is 2.92 bits per heavy atom. The fourth-order valence-electron chi connectivity index (χ4n) is 1.90. The van der Waals surface area contributed by atoms with Crippen molar-refractivity contribution in [3.63, 3.8) is 0 Å². The number of nitrogens with zero attached hydrogens (tertiary/aromatic N) is 1. The smallest absolute Gasteiger partial charge is 0.0224 e. The van der Waals surface area contributed by atoms with Crippen LogP contribution >= 0.6 is 0 Å². The van der Waals surface area contributed by atoms with Crippen LogP contribution in [0.4, 0.5) is 0 Å². The van der Waals surface area contributed by atoms with E-state index in [1.165, 1.54) is 25.0 Å². The summed E-state index contributed by atoms with van der Waals surface area (Å²) in [6, 6.07) is 0.764. The Bertz CT molecular complexity index is 171. The summed E-state index contributed by atoms with van der Waals surface area (Å²) < 4.78 is 0. The molecule has 76 valence electrons. The average Bonchev–Trinajstić information content (AvgIpc) is 2.49. The molecule has 1 unspecified atom stereocenters. The van der Waals surface area contributed by atoms with Gasteiger partial charge in [0.1, 0.15) is 0 Å². The van der Waals surface area contributed by atoms with Crippen LogP contribution in [0.1, 0.15) is 26.7 Å². The van der Waals surface area contributed by atoms with Gasteiger partial charge in [0.25, 0.3) is 0 Å². The van der Waals surface area contributed by atoms with E-state index >= 15 is 0 Å². The summed E-state index contributed by atoms with van der Waals surface area (Å²) in [7, 11) is 2.04. The second-order valence-corrected chi connectivity index (χ2v) is 4.13. The molecular formula is C11H22N2. The molecule has 0 aromatic carbocycles. The highest BCUT2D eigenvalue weighted by molar-refractivity contribution is 4.97. The number of nitrogens with one attached hydrogen (secondary N) is 1. The van der Waals surface area contributed by atoms with Gasteiger partial charge in [-0.3, -0.25) is 4.90 Å². The van der Waals surface area contributed by atoms with Crippen LogP contribution in [0.25, 0.3) is 0 Å². The Morgan fingerprint density at radius 2 is 2.31 bits per heavy atom. The molecule has 1 heterocycles. The van der Waals surface area contributed by atoms with E-state index in [0.29, 0.717) is 0 Å². The Morgan fingerprint density at radius 1 is 1.54 bits per heavy atom. The molecule has 0 aromatic heterocycles. The molecule has 1 fully saturated rings. The molecule has 13 heavy (non-hydrogen) atoms. The maximum atomic E-state index is 3.26. The van der Waals surface area contributed by atoms with E-state index in [0.717, 1.165) is 19.1 Å². The summed E-state index contributed by atoms with van der Waals surface area (Å²) in [4.78, 5) is 2.57. The van der Waals surface area contributed by atoms with Gasteiger partial charge in [-0.25, -0.2) is 0 Å². The predicted molar refractivity (Wildman–Crippen MR) is 58.0 cm³/mol. The first-order valence-corrected chi connectivity index (χ1v) is 5.26. The molecule has 0 aliphatic carbocycles. The maximum Gasteiger partial charge on any atom is 0.0224 e. The minimum absolute atomic E-state index is 0.764.